The lowest BCUT2D eigenvalue weighted by atomic mass is 9.82. The average Bonchev–Trinajstić information content (AvgIpc) is 3.06. The van der Waals surface area contributed by atoms with Crippen LogP contribution < -0.4 is 0 Å². The van der Waals surface area contributed by atoms with Crippen LogP contribution in [-0.4, -0.2) is 10.9 Å². The largest absolute Gasteiger partial charge is 0.360 e. The Labute approximate surface area is 152 Å². The fourth-order valence-electron chi connectivity index (χ4n) is 3.62. The summed E-state index contributed by atoms with van der Waals surface area (Å²) in [7, 11) is 0. The number of hydrogen-bond donors (Lipinski definition) is 0. The molecule has 0 aliphatic heterocycles. The van der Waals surface area contributed by atoms with E-state index in [1.165, 1.54) is 5.56 Å². The zero-order valence-electron chi connectivity index (χ0n) is 14.3. The van der Waals surface area contributed by atoms with Crippen LogP contribution in [0.3, 0.4) is 0 Å². The predicted octanol–water partition coefficient (Wildman–Crippen LogP) is 4.12. The van der Waals surface area contributed by atoms with Crippen molar-refractivity contribution >= 4 is 5.78 Å². The number of fused-ring (bicyclic) bond motifs is 1. The highest BCUT2D eigenvalue weighted by Crippen LogP contribution is 2.30. The number of Topliss-reactive ketones (excluding diaryl/α,β-unsaturated/α-hetero) is 1. The van der Waals surface area contributed by atoms with Crippen molar-refractivity contribution in [2.45, 2.75) is 25.7 Å². The number of aromatic nitrogens is 1. The number of nitriles is 1. The summed E-state index contributed by atoms with van der Waals surface area (Å²) in [5.41, 5.74) is 4.31. The summed E-state index contributed by atoms with van der Waals surface area (Å²) in [6.45, 7) is 0. The molecule has 4 nitrogen and oxygen atoms in total. The molecule has 0 saturated heterocycles. The second-order valence-corrected chi connectivity index (χ2v) is 6.80. The molecule has 1 heterocycles. The highest BCUT2D eigenvalue weighted by Gasteiger charge is 2.31. The van der Waals surface area contributed by atoms with Gasteiger partial charge in [-0.1, -0.05) is 47.6 Å². The molecule has 0 saturated carbocycles. The molecule has 0 fully saturated rings. The second kappa shape index (κ2) is 6.97. The van der Waals surface area contributed by atoms with E-state index in [4.69, 9.17) is 9.78 Å². The monoisotopic (exact) mass is 342 g/mol. The molecule has 1 aliphatic rings. The van der Waals surface area contributed by atoms with E-state index in [9.17, 15) is 4.79 Å². The molecule has 128 valence electrons. The first-order valence-corrected chi connectivity index (χ1v) is 8.76. The lowest BCUT2D eigenvalue weighted by Crippen LogP contribution is -2.22. The van der Waals surface area contributed by atoms with E-state index in [1.54, 1.807) is 12.1 Å². The molecule has 1 aliphatic carbocycles. The van der Waals surface area contributed by atoms with Gasteiger partial charge in [-0.3, -0.25) is 4.79 Å². The van der Waals surface area contributed by atoms with Crippen LogP contribution in [-0.2, 0) is 19.3 Å². The molecule has 0 bridgehead atoms. The van der Waals surface area contributed by atoms with Crippen molar-refractivity contribution in [3.05, 3.63) is 88.3 Å². The van der Waals surface area contributed by atoms with Gasteiger partial charge in [0.1, 0.15) is 0 Å². The quantitative estimate of drug-likeness (QED) is 0.715. The minimum atomic E-state index is 0.122. The van der Waals surface area contributed by atoms with Crippen LogP contribution >= 0.6 is 0 Å². The fourth-order valence-corrected chi connectivity index (χ4v) is 3.62. The summed E-state index contributed by atoms with van der Waals surface area (Å²) < 4.78 is 5.51. The van der Waals surface area contributed by atoms with Crippen LogP contribution in [0.15, 0.2) is 59.1 Å². The Hall–Kier alpha value is -3.19. The highest BCUT2D eigenvalue weighted by atomic mass is 16.5. The Bertz CT molecular complexity index is 966. The smallest absolute Gasteiger partial charge is 0.168 e. The zero-order chi connectivity index (χ0) is 17.9. The standard InChI is InChI=1S/C22H18N2O2/c23-14-17-8-6-16(7-9-17)13-21-22-19(24-26-21)11-18(12-20(22)25)10-15-4-2-1-3-5-15/h1-9,18H,10-13H2. The van der Waals surface area contributed by atoms with Gasteiger partial charge < -0.3 is 4.52 Å². The van der Waals surface area contributed by atoms with E-state index >= 15 is 0 Å². The molecule has 4 heteroatoms. The van der Waals surface area contributed by atoms with E-state index in [0.717, 1.165) is 24.1 Å². The van der Waals surface area contributed by atoms with Gasteiger partial charge in [-0.05, 0) is 42.0 Å². The van der Waals surface area contributed by atoms with E-state index in [0.29, 0.717) is 29.7 Å². The van der Waals surface area contributed by atoms with Crippen LogP contribution in [0.1, 0.15) is 44.9 Å². The maximum Gasteiger partial charge on any atom is 0.168 e. The van der Waals surface area contributed by atoms with E-state index < -0.39 is 0 Å². The maximum atomic E-state index is 12.7. The van der Waals surface area contributed by atoms with Crippen molar-refractivity contribution in [2.24, 2.45) is 5.92 Å². The van der Waals surface area contributed by atoms with Gasteiger partial charge in [-0.2, -0.15) is 5.26 Å². The van der Waals surface area contributed by atoms with Crippen LogP contribution in [0, 0.1) is 17.2 Å². The van der Waals surface area contributed by atoms with E-state index in [2.05, 4.69) is 23.4 Å². The summed E-state index contributed by atoms with van der Waals surface area (Å²) in [5, 5.41) is 13.1. The Morgan fingerprint density at radius 2 is 1.81 bits per heavy atom. The average molecular weight is 342 g/mol. The third-order valence-corrected chi connectivity index (χ3v) is 4.88. The van der Waals surface area contributed by atoms with Gasteiger partial charge in [-0.15, -0.1) is 0 Å². The number of hydrogen-bond acceptors (Lipinski definition) is 4. The molecule has 0 spiro atoms. The summed E-state index contributed by atoms with van der Waals surface area (Å²) in [5.74, 6) is 1.02. The summed E-state index contributed by atoms with van der Waals surface area (Å²) in [6, 6.07) is 19.7. The molecular weight excluding hydrogens is 324 g/mol. The van der Waals surface area contributed by atoms with Crippen molar-refractivity contribution in [2.75, 3.05) is 0 Å². The Morgan fingerprint density at radius 3 is 2.54 bits per heavy atom. The number of rotatable bonds is 4. The SMILES string of the molecule is N#Cc1ccc(Cc2onc3c2C(=O)CC(Cc2ccccc2)C3)cc1. The van der Waals surface area contributed by atoms with Crippen molar-refractivity contribution in [3.8, 4) is 6.07 Å². The number of benzene rings is 2. The first kappa shape index (κ1) is 16.3. The normalized spacial score (nSPS) is 16.1. The molecule has 4 rings (SSSR count). The maximum absolute atomic E-state index is 12.7. The molecular formula is C22H18N2O2. The van der Waals surface area contributed by atoms with Crippen molar-refractivity contribution < 1.29 is 9.32 Å². The molecule has 2 aromatic carbocycles. The molecule has 0 amide bonds. The fraction of sp³-hybridized carbons (Fsp3) is 0.227. The number of carbonyl (C=O) groups is 1. The van der Waals surface area contributed by atoms with Crippen molar-refractivity contribution in [1.29, 1.82) is 5.26 Å². The molecule has 0 radical (unpaired) electrons. The third kappa shape index (κ3) is 3.29. The topological polar surface area (TPSA) is 66.9 Å². The van der Waals surface area contributed by atoms with Gasteiger partial charge in [-0.25, -0.2) is 0 Å². The first-order chi connectivity index (χ1) is 12.7. The van der Waals surface area contributed by atoms with Crippen LogP contribution in [0.5, 0.6) is 0 Å². The lowest BCUT2D eigenvalue weighted by molar-refractivity contribution is 0.0947. The minimum absolute atomic E-state index is 0.122. The third-order valence-electron chi connectivity index (χ3n) is 4.88. The van der Waals surface area contributed by atoms with Crippen LogP contribution in [0.4, 0.5) is 0 Å². The highest BCUT2D eigenvalue weighted by molar-refractivity contribution is 5.99. The lowest BCUT2D eigenvalue weighted by Gasteiger charge is -2.20. The zero-order valence-corrected chi connectivity index (χ0v) is 14.3. The molecule has 0 N–H and O–H groups in total. The summed E-state index contributed by atoms with van der Waals surface area (Å²) >= 11 is 0. The van der Waals surface area contributed by atoms with Crippen molar-refractivity contribution in [1.82, 2.24) is 5.16 Å². The van der Waals surface area contributed by atoms with Gasteiger partial charge in [0, 0.05) is 12.8 Å². The number of nitrogens with zero attached hydrogens (tertiary/aromatic N) is 2. The van der Waals surface area contributed by atoms with Gasteiger partial charge in [0.05, 0.1) is 22.9 Å². The predicted molar refractivity (Wildman–Crippen MR) is 96.8 cm³/mol. The number of carbonyl (C=O) groups excluding carboxylic acids is 1. The Balaban J connectivity index is 1.52. The summed E-state index contributed by atoms with van der Waals surface area (Å²) in [4.78, 5) is 12.7. The first-order valence-electron chi connectivity index (χ1n) is 8.76. The molecule has 1 unspecified atom stereocenters. The van der Waals surface area contributed by atoms with E-state index in [1.807, 2.05) is 30.3 Å². The second-order valence-electron chi connectivity index (χ2n) is 6.80. The molecule has 1 aromatic heterocycles. The summed E-state index contributed by atoms with van der Waals surface area (Å²) in [6.07, 6.45) is 2.70. The minimum Gasteiger partial charge on any atom is -0.360 e. The van der Waals surface area contributed by atoms with Gasteiger partial charge in [0.25, 0.3) is 0 Å². The Morgan fingerprint density at radius 1 is 1.04 bits per heavy atom. The van der Waals surface area contributed by atoms with Crippen molar-refractivity contribution in [3.63, 3.8) is 0 Å². The van der Waals surface area contributed by atoms with Gasteiger partial charge >= 0.3 is 0 Å². The molecule has 1 atom stereocenters. The Kier molecular flexibility index (Phi) is 4.37. The molecule has 26 heavy (non-hydrogen) atoms. The number of ketones is 1. The van der Waals surface area contributed by atoms with Crippen LogP contribution in [0.2, 0.25) is 0 Å². The van der Waals surface area contributed by atoms with Crippen LogP contribution in [0.25, 0.3) is 0 Å². The van der Waals surface area contributed by atoms with Gasteiger partial charge in [0.2, 0.25) is 0 Å². The van der Waals surface area contributed by atoms with Gasteiger partial charge in [0.15, 0.2) is 11.5 Å². The van der Waals surface area contributed by atoms with E-state index in [-0.39, 0.29) is 11.7 Å². The molecule has 3 aromatic rings.